The van der Waals surface area contributed by atoms with Gasteiger partial charge in [-0.3, -0.25) is 0 Å². The van der Waals surface area contributed by atoms with Crippen molar-refractivity contribution in [3.63, 3.8) is 0 Å². The van der Waals surface area contributed by atoms with Gasteiger partial charge in [-0.15, -0.1) is 0 Å². The van der Waals surface area contributed by atoms with Gasteiger partial charge in [-0.1, -0.05) is 12.1 Å². The topological polar surface area (TPSA) is 78.4 Å². The summed E-state index contributed by atoms with van der Waals surface area (Å²) in [6.45, 7) is 8.27. The standard InChI is InChI=1S/C23H35N5O3/c1-2-24-22(28-12-14-31-21(17-28)20-9-6-13-30-20)25-16-18-7-5-8-19(15-18)26-23(29)27-10-3-4-11-27/h5,7-8,15,20-21H,2-4,6,9-14,16-17H2,1H3,(H,24,25)(H,26,29). The molecule has 1 aromatic rings. The maximum Gasteiger partial charge on any atom is 0.321 e. The van der Waals surface area contributed by atoms with E-state index in [-0.39, 0.29) is 18.2 Å². The molecule has 8 nitrogen and oxygen atoms in total. The molecule has 31 heavy (non-hydrogen) atoms. The van der Waals surface area contributed by atoms with Crippen molar-refractivity contribution in [2.24, 2.45) is 4.99 Å². The fraction of sp³-hybridized carbons (Fsp3) is 0.652. The Morgan fingerprint density at radius 2 is 1.94 bits per heavy atom. The molecule has 0 bridgehead atoms. The van der Waals surface area contributed by atoms with E-state index in [4.69, 9.17) is 14.5 Å². The highest BCUT2D eigenvalue weighted by Crippen LogP contribution is 2.21. The van der Waals surface area contributed by atoms with E-state index >= 15 is 0 Å². The number of amides is 2. The molecule has 2 unspecified atom stereocenters. The van der Waals surface area contributed by atoms with Crippen LogP contribution in [0.2, 0.25) is 0 Å². The Bertz CT molecular complexity index is 759. The maximum absolute atomic E-state index is 12.4. The molecule has 2 N–H and O–H groups in total. The highest BCUT2D eigenvalue weighted by molar-refractivity contribution is 5.89. The average Bonchev–Trinajstić information content (AvgIpc) is 3.52. The molecular weight excluding hydrogens is 394 g/mol. The van der Waals surface area contributed by atoms with Gasteiger partial charge in [0.1, 0.15) is 6.10 Å². The average molecular weight is 430 g/mol. The number of benzene rings is 1. The zero-order chi connectivity index (χ0) is 21.5. The summed E-state index contributed by atoms with van der Waals surface area (Å²) < 4.78 is 11.8. The van der Waals surface area contributed by atoms with Crippen molar-refractivity contribution in [2.75, 3.05) is 51.3 Å². The number of nitrogens with one attached hydrogen (secondary N) is 2. The van der Waals surface area contributed by atoms with Crippen LogP contribution in [-0.4, -0.2) is 79.9 Å². The molecule has 0 aliphatic carbocycles. The van der Waals surface area contributed by atoms with Gasteiger partial charge in [0.25, 0.3) is 0 Å². The first kappa shape index (κ1) is 21.9. The Labute approximate surface area is 185 Å². The fourth-order valence-electron chi connectivity index (χ4n) is 4.45. The SMILES string of the molecule is CCNC(=NCc1cccc(NC(=O)N2CCCC2)c1)N1CCOC(C2CCCO2)C1. The van der Waals surface area contributed by atoms with E-state index in [0.717, 1.165) is 82.2 Å². The van der Waals surface area contributed by atoms with Crippen LogP contribution in [0.25, 0.3) is 0 Å². The highest BCUT2D eigenvalue weighted by atomic mass is 16.5. The summed E-state index contributed by atoms with van der Waals surface area (Å²) >= 11 is 0. The maximum atomic E-state index is 12.4. The normalized spacial score (nSPS) is 24.5. The summed E-state index contributed by atoms with van der Waals surface area (Å²) in [6.07, 6.45) is 4.66. The van der Waals surface area contributed by atoms with Crippen LogP contribution in [0.3, 0.4) is 0 Å². The van der Waals surface area contributed by atoms with Crippen molar-refractivity contribution in [3.05, 3.63) is 29.8 Å². The number of anilines is 1. The molecule has 4 rings (SSSR count). The summed E-state index contributed by atoms with van der Waals surface area (Å²) in [6, 6.07) is 7.95. The summed E-state index contributed by atoms with van der Waals surface area (Å²) in [4.78, 5) is 21.4. The van der Waals surface area contributed by atoms with Crippen molar-refractivity contribution in [2.45, 2.75) is 51.4 Å². The minimum Gasteiger partial charge on any atom is -0.375 e. The number of carbonyl (C=O) groups is 1. The lowest BCUT2D eigenvalue weighted by molar-refractivity contribution is -0.0817. The summed E-state index contributed by atoms with van der Waals surface area (Å²) in [7, 11) is 0. The Morgan fingerprint density at radius 1 is 1.10 bits per heavy atom. The summed E-state index contributed by atoms with van der Waals surface area (Å²) in [5, 5.41) is 6.44. The second-order valence-electron chi connectivity index (χ2n) is 8.40. The van der Waals surface area contributed by atoms with E-state index in [9.17, 15) is 4.79 Å². The number of hydrogen-bond acceptors (Lipinski definition) is 4. The van der Waals surface area contributed by atoms with Crippen LogP contribution in [0, 0.1) is 0 Å². The van der Waals surface area contributed by atoms with Gasteiger partial charge in [-0.05, 0) is 50.3 Å². The Kier molecular flexibility index (Phi) is 7.64. The van der Waals surface area contributed by atoms with Crippen molar-refractivity contribution in [1.82, 2.24) is 15.1 Å². The predicted molar refractivity (Wildman–Crippen MR) is 121 cm³/mol. The van der Waals surface area contributed by atoms with Gasteiger partial charge >= 0.3 is 6.03 Å². The number of ether oxygens (including phenoxy) is 2. The van der Waals surface area contributed by atoms with Crippen LogP contribution in [0.15, 0.2) is 29.3 Å². The van der Waals surface area contributed by atoms with Crippen LogP contribution < -0.4 is 10.6 Å². The lowest BCUT2D eigenvalue weighted by atomic mass is 10.1. The number of morpholine rings is 1. The van der Waals surface area contributed by atoms with Crippen LogP contribution in [0.4, 0.5) is 10.5 Å². The molecule has 1 aromatic carbocycles. The van der Waals surface area contributed by atoms with E-state index in [1.165, 1.54) is 0 Å². The first-order valence-corrected chi connectivity index (χ1v) is 11.6. The number of urea groups is 1. The highest BCUT2D eigenvalue weighted by Gasteiger charge is 2.32. The smallest absolute Gasteiger partial charge is 0.321 e. The molecule has 0 radical (unpaired) electrons. The van der Waals surface area contributed by atoms with Crippen molar-refractivity contribution < 1.29 is 14.3 Å². The molecule has 3 fully saturated rings. The van der Waals surface area contributed by atoms with E-state index in [1.807, 2.05) is 29.2 Å². The van der Waals surface area contributed by atoms with Gasteiger partial charge < -0.3 is 29.9 Å². The molecular formula is C23H35N5O3. The predicted octanol–water partition coefficient (Wildman–Crippen LogP) is 2.66. The van der Waals surface area contributed by atoms with Gasteiger partial charge in [0.2, 0.25) is 0 Å². The third-order valence-electron chi connectivity index (χ3n) is 6.09. The lowest BCUT2D eigenvalue weighted by Gasteiger charge is -2.37. The van der Waals surface area contributed by atoms with Gasteiger partial charge in [0, 0.05) is 45.0 Å². The molecule has 3 aliphatic rings. The second kappa shape index (κ2) is 10.8. The Balaban J connectivity index is 1.38. The molecule has 8 heteroatoms. The molecule has 170 valence electrons. The summed E-state index contributed by atoms with van der Waals surface area (Å²) in [5.41, 5.74) is 1.89. The van der Waals surface area contributed by atoms with Crippen LogP contribution in [-0.2, 0) is 16.0 Å². The van der Waals surface area contributed by atoms with Crippen LogP contribution in [0.5, 0.6) is 0 Å². The number of guanidine groups is 1. The van der Waals surface area contributed by atoms with Gasteiger partial charge in [0.15, 0.2) is 5.96 Å². The summed E-state index contributed by atoms with van der Waals surface area (Å²) in [5.74, 6) is 0.903. The van der Waals surface area contributed by atoms with Gasteiger partial charge in [0.05, 0.1) is 19.3 Å². The van der Waals surface area contributed by atoms with Crippen molar-refractivity contribution in [1.29, 1.82) is 0 Å². The first-order valence-electron chi connectivity index (χ1n) is 11.6. The molecule has 3 aliphatic heterocycles. The lowest BCUT2D eigenvalue weighted by Crippen LogP contribution is -2.53. The largest absolute Gasteiger partial charge is 0.375 e. The van der Waals surface area contributed by atoms with Gasteiger partial charge in [-0.2, -0.15) is 0 Å². The Morgan fingerprint density at radius 3 is 2.71 bits per heavy atom. The first-order chi connectivity index (χ1) is 15.2. The van der Waals surface area contributed by atoms with Crippen molar-refractivity contribution >= 4 is 17.7 Å². The number of carbonyl (C=O) groups excluding carboxylic acids is 1. The molecule has 2 amide bonds. The van der Waals surface area contributed by atoms with Crippen molar-refractivity contribution in [3.8, 4) is 0 Å². The van der Waals surface area contributed by atoms with Gasteiger partial charge in [-0.25, -0.2) is 9.79 Å². The van der Waals surface area contributed by atoms with E-state index in [0.29, 0.717) is 13.2 Å². The van der Waals surface area contributed by atoms with E-state index in [2.05, 4.69) is 22.5 Å². The van der Waals surface area contributed by atoms with E-state index < -0.39 is 0 Å². The minimum absolute atomic E-state index is 0.0139. The zero-order valence-electron chi connectivity index (χ0n) is 18.5. The molecule has 0 aromatic heterocycles. The molecule has 3 heterocycles. The van der Waals surface area contributed by atoms with Crippen LogP contribution in [0.1, 0.15) is 38.2 Å². The zero-order valence-corrected chi connectivity index (χ0v) is 18.5. The van der Waals surface area contributed by atoms with E-state index in [1.54, 1.807) is 0 Å². The molecule has 0 spiro atoms. The third-order valence-corrected chi connectivity index (χ3v) is 6.09. The monoisotopic (exact) mass is 429 g/mol. The number of hydrogen-bond donors (Lipinski definition) is 2. The quantitative estimate of drug-likeness (QED) is 0.556. The fourth-order valence-corrected chi connectivity index (χ4v) is 4.45. The molecule has 0 saturated carbocycles. The number of rotatable bonds is 5. The van der Waals surface area contributed by atoms with Crippen LogP contribution >= 0.6 is 0 Å². The minimum atomic E-state index is -0.0139. The molecule has 2 atom stereocenters. The number of likely N-dealkylation sites (tertiary alicyclic amines) is 1. The number of nitrogens with zero attached hydrogens (tertiary/aromatic N) is 3. The Hall–Kier alpha value is -2.32. The third kappa shape index (κ3) is 5.89. The second-order valence-corrected chi connectivity index (χ2v) is 8.40. The molecule has 3 saturated heterocycles. The number of aliphatic imine (C=N–C) groups is 1.